The summed E-state index contributed by atoms with van der Waals surface area (Å²) >= 11 is 1.21. The number of thioether (sulfide) groups is 1. The topological polar surface area (TPSA) is 68.0 Å². The van der Waals surface area contributed by atoms with Gasteiger partial charge in [-0.1, -0.05) is 11.8 Å². The highest BCUT2D eigenvalue weighted by molar-refractivity contribution is 7.99. The molecule has 100 valence electrons. The second-order valence-corrected chi connectivity index (χ2v) is 5.20. The van der Waals surface area contributed by atoms with E-state index < -0.39 is 5.97 Å². The Kier molecular flexibility index (Phi) is 3.90. The predicted octanol–water partition coefficient (Wildman–Crippen LogP) is 2.37. The van der Waals surface area contributed by atoms with E-state index in [1.54, 1.807) is 6.20 Å². The van der Waals surface area contributed by atoms with Crippen molar-refractivity contribution in [2.45, 2.75) is 25.9 Å². The number of aryl methyl sites for hydroxylation is 3. The van der Waals surface area contributed by atoms with Crippen molar-refractivity contribution in [3.63, 3.8) is 0 Å². The molecule has 0 aliphatic rings. The zero-order valence-electron chi connectivity index (χ0n) is 11.0. The van der Waals surface area contributed by atoms with Gasteiger partial charge in [-0.25, -0.2) is 4.98 Å². The van der Waals surface area contributed by atoms with Crippen molar-refractivity contribution in [3.8, 4) is 5.69 Å². The smallest absolute Gasteiger partial charge is 0.313 e. The number of carbonyl (C=O) groups is 1. The number of nitrogens with zero attached hydrogens (tertiary/aromatic N) is 3. The van der Waals surface area contributed by atoms with E-state index in [9.17, 15) is 4.79 Å². The Morgan fingerprint density at radius 3 is 2.74 bits per heavy atom. The van der Waals surface area contributed by atoms with Gasteiger partial charge in [0.05, 0.1) is 17.1 Å². The lowest BCUT2D eigenvalue weighted by Crippen LogP contribution is -2.05. The van der Waals surface area contributed by atoms with Crippen LogP contribution in [-0.4, -0.2) is 31.4 Å². The lowest BCUT2D eigenvalue weighted by molar-refractivity contribution is -0.133. The second kappa shape index (κ2) is 5.44. The molecule has 0 unspecified atom stereocenters. The molecule has 0 radical (unpaired) electrons. The van der Waals surface area contributed by atoms with Crippen molar-refractivity contribution >= 4 is 17.7 Å². The van der Waals surface area contributed by atoms with Gasteiger partial charge in [0.25, 0.3) is 0 Å². The number of hydrogen-bond donors (Lipinski definition) is 1. The van der Waals surface area contributed by atoms with Gasteiger partial charge in [0.15, 0.2) is 5.16 Å². The van der Waals surface area contributed by atoms with Crippen molar-refractivity contribution in [2.75, 3.05) is 5.75 Å². The van der Waals surface area contributed by atoms with E-state index in [4.69, 9.17) is 5.11 Å². The van der Waals surface area contributed by atoms with Gasteiger partial charge in [-0.05, 0) is 32.9 Å². The lowest BCUT2D eigenvalue weighted by atomic mass is 10.2. The molecule has 0 aliphatic heterocycles. The van der Waals surface area contributed by atoms with Gasteiger partial charge in [-0.3, -0.25) is 14.3 Å². The van der Waals surface area contributed by atoms with E-state index in [2.05, 4.69) is 9.97 Å². The first-order chi connectivity index (χ1) is 8.99. The predicted molar refractivity (Wildman–Crippen MR) is 73.9 cm³/mol. The Morgan fingerprint density at radius 1 is 1.37 bits per heavy atom. The summed E-state index contributed by atoms with van der Waals surface area (Å²) in [6, 6.07) is 3.92. The third-order valence-corrected chi connectivity index (χ3v) is 3.61. The van der Waals surface area contributed by atoms with Crippen LogP contribution < -0.4 is 0 Å². The first-order valence-corrected chi connectivity index (χ1v) is 6.81. The largest absolute Gasteiger partial charge is 0.481 e. The van der Waals surface area contributed by atoms with Crippen molar-refractivity contribution in [1.29, 1.82) is 0 Å². The maximum atomic E-state index is 10.7. The highest BCUT2D eigenvalue weighted by Crippen LogP contribution is 2.24. The van der Waals surface area contributed by atoms with Gasteiger partial charge in [0, 0.05) is 17.6 Å². The van der Waals surface area contributed by atoms with E-state index in [0.717, 1.165) is 22.8 Å². The highest BCUT2D eigenvalue weighted by atomic mass is 32.2. The van der Waals surface area contributed by atoms with Crippen LogP contribution in [0, 0.1) is 20.8 Å². The molecule has 2 aromatic rings. The number of carboxylic acids is 1. The fourth-order valence-electron chi connectivity index (χ4n) is 1.85. The molecule has 1 N–H and O–H groups in total. The van der Waals surface area contributed by atoms with E-state index in [0.29, 0.717) is 5.16 Å². The third-order valence-electron chi connectivity index (χ3n) is 2.67. The molecule has 0 amide bonds. The van der Waals surface area contributed by atoms with Crippen LogP contribution in [0.4, 0.5) is 0 Å². The molecular weight excluding hydrogens is 262 g/mol. The Labute approximate surface area is 115 Å². The number of aromatic nitrogens is 3. The SMILES string of the molecule is Cc1ccc(-n2c(C)cnc2SCC(=O)O)c(C)n1. The first-order valence-electron chi connectivity index (χ1n) is 5.82. The molecule has 0 saturated carbocycles. The molecule has 2 rings (SSSR count). The standard InChI is InChI=1S/C13H15N3O2S/c1-8-4-5-11(10(3)15-8)16-9(2)6-14-13(16)19-7-12(17)18/h4-6H,7H2,1-3H3,(H,17,18). The molecule has 0 aliphatic carbocycles. The molecule has 0 spiro atoms. The Balaban J connectivity index is 2.43. The summed E-state index contributed by atoms with van der Waals surface area (Å²) in [6.07, 6.45) is 1.74. The molecule has 2 aromatic heterocycles. The average Bonchev–Trinajstić information content (AvgIpc) is 2.68. The van der Waals surface area contributed by atoms with Crippen molar-refractivity contribution < 1.29 is 9.90 Å². The van der Waals surface area contributed by atoms with Crippen molar-refractivity contribution in [3.05, 3.63) is 35.4 Å². The number of imidazole rings is 1. The fraction of sp³-hybridized carbons (Fsp3) is 0.308. The Bertz CT molecular complexity index is 622. The van der Waals surface area contributed by atoms with Crippen LogP contribution in [0.25, 0.3) is 5.69 Å². The average molecular weight is 277 g/mol. The number of pyridine rings is 1. The van der Waals surface area contributed by atoms with Gasteiger partial charge >= 0.3 is 5.97 Å². The van der Waals surface area contributed by atoms with E-state index in [1.807, 2.05) is 37.5 Å². The van der Waals surface area contributed by atoms with Crippen molar-refractivity contribution in [2.24, 2.45) is 0 Å². The maximum absolute atomic E-state index is 10.7. The minimum Gasteiger partial charge on any atom is -0.481 e. The second-order valence-electron chi connectivity index (χ2n) is 4.26. The number of aliphatic carboxylic acids is 1. The summed E-state index contributed by atoms with van der Waals surface area (Å²) in [5, 5.41) is 9.44. The quantitative estimate of drug-likeness (QED) is 0.869. The van der Waals surface area contributed by atoms with Crippen LogP contribution in [0.1, 0.15) is 17.1 Å². The molecule has 6 heteroatoms. The first kappa shape index (κ1) is 13.6. The monoisotopic (exact) mass is 277 g/mol. The molecule has 0 fully saturated rings. The van der Waals surface area contributed by atoms with Gasteiger partial charge in [0.1, 0.15) is 0 Å². The summed E-state index contributed by atoms with van der Waals surface area (Å²) in [4.78, 5) is 19.4. The maximum Gasteiger partial charge on any atom is 0.313 e. The third kappa shape index (κ3) is 2.96. The normalized spacial score (nSPS) is 10.7. The van der Waals surface area contributed by atoms with E-state index >= 15 is 0 Å². The van der Waals surface area contributed by atoms with Crippen LogP contribution in [0.15, 0.2) is 23.5 Å². The van der Waals surface area contributed by atoms with Gasteiger partial charge in [-0.2, -0.15) is 0 Å². The zero-order valence-corrected chi connectivity index (χ0v) is 11.9. The number of hydrogen-bond acceptors (Lipinski definition) is 4. The molecular formula is C13H15N3O2S. The molecule has 0 saturated heterocycles. The molecule has 2 heterocycles. The van der Waals surface area contributed by atoms with Crippen LogP contribution >= 0.6 is 11.8 Å². The molecule has 0 atom stereocenters. The van der Waals surface area contributed by atoms with Crippen LogP contribution in [0.3, 0.4) is 0 Å². The summed E-state index contributed by atoms with van der Waals surface area (Å²) in [5.74, 6) is -0.856. The minimum atomic E-state index is -0.851. The molecule has 0 bridgehead atoms. The van der Waals surface area contributed by atoms with E-state index in [-0.39, 0.29) is 5.75 Å². The fourth-order valence-corrected chi connectivity index (χ4v) is 2.60. The Hall–Kier alpha value is -1.82. The summed E-state index contributed by atoms with van der Waals surface area (Å²) in [7, 11) is 0. The Morgan fingerprint density at radius 2 is 2.11 bits per heavy atom. The lowest BCUT2D eigenvalue weighted by Gasteiger charge is -2.12. The van der Waals surface area contributed by atoms with Crippen LogP contribution in [0.5, 0.6) is 0 Å². The van der Waals surface area contributed by atoms with Crippen LogP contribution in [-0.2, 0) is 4.79 Å². The zero-order chi connectivity index (χ0) is 14.0. The number of rotatable bonds is 4. The number of carboxylic acid groups (broad SMARTS) is 1. The van der Waals surface area contributed by atoms with E-state index in [1.165, 1.54) is 11.8 Å². The summed E-state index contributed by atoms with van der Waals surface area (Å²) in [6.45, 7) is 5.82. The minimum absolute atomic E-state index is 0.00517. The van der Waals surface area contributed by atoms with Crippen LogP contribution in [0.2, 0.25) is 0 Å². The van der Waals surface area contributed by atoms with Gasteiger partial charge < -0.3 is 5.11 Å². The molecule has 19 heavy (non-hydrogen) atoms. The summed E-state index contributed by atoms with van der Waals surface area (Å²) in [5.41, 5.74) is 3.76. The summed E-state index contributed by atoms with van der Waals surface area (Å²) < 4.78 is 1.94. The van der Waals surface area contributed by atoms with Crippen molar-refractivity contribution in [1.82, 2.24) is 14.5 Å². The van der Waals surface area contributed by atoms with Gasteiger partial charge in [0.2, 0.25) is 0 Å². The highest BCUT2D eigenvalue weighted by Gasteiger charge is 2.13. The van der Waals surface area contributed by atoms with Gasteiger partial charge in [-0.15, -0.1) is 0 Å². The molecule has 5 nitrogen and oxygen atoms in total. The molecule has 0 aromatic carbocycles.